The molecule has 0 spiro atoms. The molecule has 0 aliphatic heterocycles. The predicted molar refractivity (Wildman–Crippen MR) is 50.9 cm³/mol. The van der Waals surface area contributed by atoms with E-state index in [-0.39, 0.29) is 6.67 Å². The fourth-order valence-electron chi connectivity index (χ4n) is 1.06. The van der Waals surface area contributed by atoms with Crippen molar-refractivity contribution in [1.29, 1.82) is 0 Å². The van der Waals surface area contributed by atoms with E-state index in [1.54, 1.807) is 0 Å². The number of nitrogens with zero attached hydrogens (tertiary/aromatic N) is 1. The van der Waals surface area contributed by atoms with Gasteiger partial charge in [0, 0.05) is 12.7 Å². The summed E-state index contributed by atoms with van der Waals surface area (Å²) in [5, 5.41) is 0. The first kappa shape index (κ1) is 9.19. The number of aromatic nitrogens is 1. The molecule has 0 saturated carbocycles. The van der Waals surface area contributed by atoms with Crippen molar-refractivity contribution in [3.63, 3.8) is 0 Å². The van der Waals surface area contributed by atoms with E-state index in [0.29, 0.717) is 18.0 Å². The van der Waals surface area contributed by atoms with Gasteiger partial charge in [-0.3, -0.25) is 4.39 Å². The third-order valence-electron chi connectivity index (χ3n) is 1.61. The highest BCUT2D eigenvalue weighted by atomic mass is 32.1. The maximum absolute atomic E-state index is 11.8. The Kier molecular flexibility index (Phi) is 3.22. The molecule has 2 nitrogen and oxygen atoms in total. The second-order valence-electron chi connectivity index (χ2n) is 2.49. The number of hydrogen-bond acceptors (Lipinski definition) is 1. The largest absolute Gasteiger partial charge is 0.388 e. The molecule has 1 rings (SSSR count). The molecule has 2 N–H and O–H groups in total. The number of hydrogen-bond donors (Lipinski definition) is 1. The minimum atomic E-state index is -0.311. The first-order chi connectivity index (χ1) is 5.75. The SMILES string of the molecule is NC(=S)c1cccn1CCCF. The third-order valence-corrected chi connectivity index (χ3v) is 1.82. The van der Waals surface area contributed by atoms with E-state index < -0.39 is 0 Å². The minimum Gasteiger partial charge on any atom is -0.388 e. The molecule has 0 saturated heterocycles. The van der Waals surface area contributed by atoms with Gasteiger partial charge in [0.25, 0.3) is 0 Å². The summed E-state index contributed by atoms with van der Waals surface area (Å²) in [6, 6.07) is 3.69. The molecule has 0 amide bonds. The highest BCUT2D eigenvalue weighted by Gasteiger charge is 2.01. The van der Waals surface area contributed by atoms with Crippen LogP contribution in [0.25, 0.3) is 0 Å². The van der Waals surface area contributed by atoms with Crippen LogP contribution >= 0.6 is 12.2 Å². The number of halogens is 1. The molecule has 12 heavy (non-hydrogen) atoms. The Hall–Kier alpha value is -0.900. The van der Waals surface area contributed by atoms with E-state index in [1.807, 2.05) is 22.9 Å². The van der Waals surface area contributed by atoms with Crippen molar-refractivity contribution in [2.75, 3.05) is 6.67 Å². The van der Waals surface area contributed by atoms with Crippen LogP contribution in [0, 0.1) is 0 Å². The van der Waals surface area contributed by atoms with Crippen molar-refractivity contribution in [1.82, 2.24) is 4.57 Å². The summed E-state index contributed by atoms with van der Waals surface area (Å²) in [4.78, 5) is 0.360. The van der Waals surface area contributed by atoms with Crippen LogP contribution in [0.4, 0.5) is 4.39 Å². The van der Waals surface area contributed by atoms with E-state index >= 15 is 0 Å². The summed E-state index contributed by atoms with van der Waals surface area (Å²) >= 11 is 4.82. The summed E-state index contributed by atoms with van der Waals surface area (Å²) in [5.41, 5.74) is 6.25. The molecule has 0 unspecified atom stereocenters. The minimum absolute atomic E-state index is 0.311. The predicted octanol–water partition coefficient (Wildman–Crippen LogP) is 1.48. The van der Waals surface area contributed by atoms with E-state index in [2.05, 4.69) is 0 Å². The van der Waals surface area contributed by atoms with Gasteiger partial charge in [0.1, 0.15) is 4.99 Å². The van der Waals surface area contributed by atoms with Crippen LogP contribution < -0.4 is 5.73 Å². The van der Waals surface area contributed by atoms with Gasteiger partial charge >= 0.3 is 0 Å². The van der Waals surface area contributed by atoms with Crippen LogP contribution in [0.15, 0.2) is 18.3 Å². The molecule has 0 atom stereocenters. The zero-order chi connectivity index (χ0) is 8.97. The molecule has 0 bridgehead atoms. The number of thiocarbonyl (C=S) groups is 1. The second-order valence-corrected chi connectivity index (χ2v) is 2.93. The Morgan fingerprint density at radius 1 is 1.67 bits per heavy atom. The molecule has 0 aliphatic carbocycles. The molecule has 1 aromatic rings. The summed E-state index contributed by atoms with van der Waals surface area (Å²) in [6.45, 7) is 0.325. The molecule has 0 radical (unpaired) electrons. The molecule has 0 fully saturated rings. The van der Waals surface area contributed by atoms with Crippen LogP contribution in [-0.4, -0.2) is 16.2 Å². The topological polar surface area (TPSA) is 30.9 Å². The van der Waals surface area contributed by atoms with Gasteiger partial charge in [-0.15, -0.1) is 0 Å². The number of aryl methyl sites for hydroxylation is 1. The highest BCUT2D eigenvalue weighted by molar-refractivity contribution is 7.80. The van der Waals surface area contributed by atoms with Gasteiger partial charge < -0.3 is 10.3 Å². The van der Waals surface area contributed by atoms with Gasteiger partial charge in [-0.05, 0) is 18.6 Å². The molecule has 66 valence electrons. The number of alkyl halides is 1. The van der Waals surface area contributed by atoms with Crippen molar-refractivity contribution >= 4 is 17.2 Å². The third kappa shape index (κ3) is 2.04. The zero-order valence-electron chi connectivity index (χ0n) is 6.66. The molecule has 0 aromatic carbocycles. The Morgan fingerprint density at radius 2 is 2.42 bits per heavy atom. The number of nitrogens with two attached hydrogens (primary N) is 1. The van der Waals surface area contributed by atoms with Gasteiger partial charge in [-0.2, -0.15) is 0 Å². The fourth-order valence-corrected chi connectivity index (χ4v) is 1.25. The molecule has 1 aromatic heterocycles. The Bertz CT molecular complexity index is 270. The fraction of sp³-hybridized carbons (Fsp3) is 0.375. The number of rotatable bonds is 4. The molecular weight excluding hydrogens is 175 g/mol. The molecule has 4 heteroatoms. The Labute approximate surface area is 76.2 Å². The van der Waals surface area contributed by atoms with Gasteiger partial charge in [0.15, 0.2) is 0 Å². The van der Waals surface area contributed by atoms with Crippen molar-refractivity contribution in [3.05, 3.63) is 24.0 Å². The van der Waals surface area contributed by atoms with Crippen LogP contribution in [0.5, 0.6) is 0 Å². The smallest absolute Gasteiger partial charge is 0.120 e. The molecule has 0 aliphatic rings. The second kappa shape index (κ2) is 4.21. The van der Waals surface area contributed by atoms with Gasteiger partial charge in [-0.1, -0.05) is 12.2 Å². The lowest BCUT2D eigenvalue weighted by atomic mass is 10.4. The van der Waals surface area contributed by atoms with Crippen LogP contribution in [-0.2, 0) is 6.54 Å². The molecule has 1 heterocycles. The molecular formula is C8H11FN2S. The van der Waals surface area contributed by atoms with Gasteiger partial charge in [0.05, 0.1) is 12.4 Å². The van der Waals surface area contributed by atoms with Crippen LogP contribution in [0.2, 0.25) is 0 Å². The van der Waals surface area contributed by atoms with E-state index in [0.717, 1.165) is 5.69 Å². The maximum atomic E-state index is 11.8. The van der Waals surface area contributed by atoms with Gasteiger partial charge in [0.2, 0.25) is 0 Å². The zero-order valence-corrected chi connectivity index (χ0v) is 7.48. The first-order valence-corrected chi connectivity index (χ1v) is 4.17. The lowest BCUT2D eigenvalue weighted by molar-refractivity contribution is 0.447. The first-order valence-electron chi connectivity index (χ1n) is 3.76. The lowest BCUT2D eigenvalue weighted by Gasteiger charge is -2.05. The van der Waals surface area contributed by atoms with E-state index in [1.165, 1.54) is 0 Å². The summed E-state index contributed by atoms with van der Waals surface area (Å²) in [6.07, 6.45) is 2.36. The Balaban J connectivity index is 2.70. The maximum Gasteiger partial charge on any atom is 0.120 e. The summed E-state index contributed by atoms with van der Waals surface area (Å²) < 4.78 is 13.7. The quantitative estimate of drug-likeness (QED) is 0.722. The van der Waals surface area contributed by atoms with E-state index in [4.69, 9.17) is 18.0 Å². The van der Waals surface area contributed by atoms with Crippen molar-refractivity contribution in [2.24, 2.45) is 5.73 Å². The average Bonchev–Trinajstić information content (AvgIpc) is 2.48. The lowest BCUT2D eigenvalue weighted by Crippen LogP contribution is -2.15. The standard InChI is InChI=1S/C8H11FN2S/c9-4-2-6-11-5-1-3-7(11)8(10)12/h1,3,5H,2,4,6H2,(H2,10,12). The summed E-state index contributed by atoms with van der Waals surface area (Å²) in [5.74, 6) is 0. The average molecular weight is 186 g/mol. The van der Waals surface area contributed by atoms with Crippen molar-refractivity contribution < 1.29 is 4.39 Å². The van der Waals surface area contributed by atoms with Crippen molar-refractivity contribution in [3.8, 4) is 0 Å². The monoisotopic (exact) mass is 186 g/mol. The normalized spacial score (nSPS) is 10.1. The van der Waals surface area contributed by atoms with Crippen molar-refractivity contribution in [2.45, 2.75) is 13.0 Å². The van der Waals surface area contributed by atoms with Gasteiger partial charge in [-0.25, -0.2) is 0 Å². The highest BCUT2D eigenvalue weighted by Crippen LogP contribution is 2.03. The summed E-state index contributed by atoms with van der Waals surface area (Å²) in [7, 11) is 0. The van der Waals surface area contributed by atoms with E-state index in [9.17, 15) is 4.39 Å². The Morgan fingerprint density at radius 3 is 3.00 bits per heavy atom. The van der Waals surface area contributed by atoms with Crippen LogP contribution in [0.3, 0.4) is 0 Å². The van der Waals surface area contributed by atoms with Crippen LogP contribution in [0.1, 0.15) is 12.1 Å².